The summed E-state index contributed by atoms with van der Waals surface area (Å²) in [5.74, 6) is -1.26. The van der Waals surface area contributed by atoms with Crippen LogP contribution in [0, 0.1) is 17.1 Å². The second-order valence-electron chi connectivity index (χ2n) is 4.27. The normalized spacial score (nSPS) is 9.95. The number of carbonyl (C=O) groups excluding carboxylic acids is 1. The highest BCUT2D eigenvalue weighted by Gasteiger charge is 2.11. The lowest BCUT2D eigenvalue weighted by molar-refractivity contribution is 0.0469. The lowest BCUT2D eigenvalue weighted by atomic mass is 10.1. The number of rotatable bonds is 3. The van der Waals surface area contributed by atoms with Gasteiger partial charge in [-0.25, -0.2) is 9.18 Å². The molecule has 0 bridgehead atoms. The van der Waals surface area contributed by atoms with E-state index in [-0.39, 0.29) is 23.3 Å². The van der Waals surface area contributed by atoms with E-state index in [1.807, 2.05) is 6.07 Å². The van der Waals surface area contributed by atoms with Gasteiger partial charge in [0.1, 0.15) is 12.4 Å². The van der Waals surface area contributed by atoms with Crippen LogP contribution in [0.1, 0.15) is 21.5 Å². The molecule has 0 aliphatic carbocycles. The first-order chi connectivity index (χ1) is 9.99. The second-order valence-corrected chi connectivity index (χ2v) is 4.70. The number of nitrogens with two attached hydrogens (primary N) is 1. The van der Waals surface area contributed by atoms with Crippen LogP contribution in [0.5, 0.6) is 0 Å². The minimum Gasteiger partial charge on any atom is -0.457 e. The predicted molar refractivity (Wildman–Crippen MR) is 76.1 cm³/mol. The molecule has 0 unspecified atom stereocenters. The van der Waals surface area contributed by atoms with E-state index >= 15 is 0 Å². The van der Waals surface area contributed by atoms with E-state index in [0.717, 1.165) is 6.07 Å². The molecule has 0 radical (unpaired) electrons. The van der Waals surface area contributed by atoms with Crippen molar-refractivity contribution in [2.45, 2.75) is 6.61 Å². The lowest BCUT2D eigenvalue weighted by Gasteiger charge is -2.07. The van der Waals surface area contributed by atoms with Crippen molar-refractivity contribution in [1.82, 2.24) is 0 Å². The summed E-state index contributed by atoms with van der Waals surface area (Å²) in [6.45, 7) is -0.247. The molecule has 0 spiro atoms. The number of nitriles is 1. The first-order valence-electron chi connectivity index (χ1n) is 5.91. The van der Waals surface area contributed by atoms with Gasteiger partial charge in [0.15, 0.2) is 0 Å². The fourth-order valence-electron chi connectivity index (χ4n) is 1.69. The maximum absolute atomic E-state index is 13.6. The maximum Gasteiger partial charge on any atom is 0.338 e. The molecule has 0 fully saturated rings. The molecule has 0 saturated heterocycles. The van der Waals surface area contributed by atoms with Crippen LogP contribution in [0.15, 0.2) is 36.4 Å². The fraction of sp³-hybridized carbons (Fsp3) is 0.0667. The summed E-state index contributed by atoms with van der Waals surface area (Å²) in [6, 6.07) is 10.1. The molecular weight excluding hydrogens is 295 g/mol. The third kappa shape index (κ3) is 3.71. The summed E-state index contributed by atoms with van der Waals surface area (Å²) in [7, 11) is 0. The summed E-state index contributed by atoms with van der Waals surface area (Å²) in [5.41, 5.74) is 6.48. The van der Waals surface area contributed by atoms with Crippen molar-refractivity contribution in [2.24, 2.45) is 0 Å². The van der Waals surface area contributed by atoms with Crippen LogP contribution in [0.3, 0.4) is 0 Å². The van der Waals surface area contributed by atoms with E-state index < -0.39 is 11.8 Å². The highest BCUT2D eigenvalue weighted by Crippen LogP contribution is 2.18. The zero-order valence-corrected chi connectivity index (χ0v) is 11.5. The van der Waals surface area contributed by atoms with Gasteiger partial charge in [-0.15, -0.1) is 0 Å². The Bertz CT molecular complexity index is 721. The standard InChI is InChI=1S/C15H10ClFN2O2/c16-12-4-11(5-13(19)6-12)15(20)21-8-10-2-1-9(7-18)3-14(10)17/h1-6H,8,19H2. The third-order valence-electron chi connectivity index (χ3n) is 2.70. The van der Waals surface area contributed by atoms with Gasteiger partial charge < -0.3 is 10.5 Å². The maximum atomic E-state index is 13.6. The number of nitrogen functional groups attached to an aromatic ring is 1. The quantitative estimate of drug-likeness (QED) is 0.697. The van der Waals surface area contributed by atoms with Crippen molar-refractivity contribution in [1.29, 1.82) is 5.26 Å². The van der Waals surface area contributed by atoms with Gasteiger partial charge in [-0.05, 0) is 30.3 Å². The predicted octanol–water partition coefficient (Wildman–Crippen LogP) is 3.29. The van der Waals surface area contributed by atoms with Gasteiger partial charge in [0, 0.05) is 16.3 Å². The van der Waals surface area contributed by atoms with Gasteiger partial charge in [0.2, 0.25) is 0 Å². The Morgan fingerprint density at radius 3 is 2.71 bits per heavy atom. The topological polar surface area (TPSA) is 76.1 Å². The van der Waals surface area contributed by atoms with Gasteiger partial charge in [-0.2, -0.15) is 5.26 Å². The molecular formula is C15H10ClFN2O2. The lowest BCUT2D eigenvalue weighted by Crippen LogP contribution is -2.07. The summed E-state index contributed by atoms with van der Waals surface area (Å²) in [4.78, 5) is 11.8. The van der Waals surface area contributed by atoms with Crippen LogP contribution in [-0.2, 0) is 11.3 Å². The number of nitrogens with zero attached hydrogens (tertiary/aromatic N) is 1. The molecule has 0 heterocycles. The van der Waals surface area contributed by atoms with Crippen LogP contribution < -0.4 is 5.73 Å². The van der Waals surface area contributed by atoms with Crippen LogP contribution in [-0.4, -0.2) is 5.97 Å². The monoisotopic (exact) mass is 304 g/mol. The molecule has 6 heteroatoms. The van der Waals surface area contributed by atoms with Crippen molar-refractivity contribution in [3.8, 4) is 6.07 Å². The number of carbonyl (C=O) groups is 1. The van der Waals surface area contributed by atoms with Crippen molar-refractivity contribution < 1.29 is 13.9 Å². The third-order valence-corrected chi connectivity index (χ3v) is 2.91. The van der Waals surface area contributed by atoms with Crippen molar-refractivity contribution >= 4 is 23.3 Å². The Kier molecular flexibility index (Phi) is 4.41. The van der Waals surface area contributed by atoms with E-state index in [2.05, 4.69) is 0 Å². The molecule has 4 nitrogen and oxygen atoms in total. The van der Waals surface area contributed by atoms with Crippen LogP contribution in [0.4, 0.5) is 10.1 Å². The second kappa shape index (κ2) is 6.25. The minimum atomic E-state index is -0.659. The first-order valence-corrected chi connectivity index (χ1v) is 6.29. The zero-order valence-electron chi connectivity index (χ0n) is 10.8. The fourth-order valence-corrected chi connectivity index (χ4v) is 1.93. The number of hydrogen-bond acceptors (Lipinski definition) is 4. The summed E-state index contributed by atoms with van der Waals surface area (Å²) >= 11 is 5.79. The van der Waals surface area contributed by atoms with Gasteiger partial charge in [0.25, 0.3) is 0 Å². The Balaban J connectivity index is 2.09. The summed E-state index contributed by atoms with van der Waals surface area (Å²) in [6.07, 6.45) is 0. The molecule has 106 valence electrons. The average molecular weight is 305 g/mol. The van der Waals surface area contributed by atoms with Gasteiger partial charge in [-0.3, -0.25) is 0 Å². The SMILES string of the molecule is N#Cc1ccc(COC(=O)c2cc(N)cc(Cl)c2)c(F)c1. The molecule has 21 heavy (non-hydrogen) atoms. The molecule has 0 aliphatic heterocycles. The zero-order chi connectivity index (χ0) is 15.4. The van der Waals surface area contributed by atoms with Crippen LogP contribution in [0.25, 0.3) is 0 Å². The number of benzene rings is 2. The van der Waals surface area contributed by atoms with E-state index in [0.29, 0.717) is 10.7 Å². The van der Waals surface area contributed by atoms with E-state index in [1.165, 1.54) is 30.3 Å². The number of esters is 1. The van der Waals surface area contributed by atoms with Crippen LogP contribution in [0.2, 0.25) is 5.02 Å². The smallest absolute Gasteiger partial charge is 0.338 e. The number of hydrogen-bond donors (Lipinski definition) is 1. The van der Waals surface area contributed by atoms with Gasteiger partial charge in [-0.1, -0.05) is 17.7 Å². The minimum absolute atomic E-state index is 0.178. The Labute approximate surface area is 125 Å². The van der Waals surface area contributed by atoms with Gasteiger partial charge >= 0.3 is 5.97 Å². The molecule has 0 atom stereocenters. The molecule has 2 aromatic rings. The van der Waals surface area contributed by atoms with E-state index in [1.54, 1.807) is 0 Å². The summed E-state index contributed by atoms with van der Waals surface area (Å²) in [5, 5.41) is 8.96. The number of halogens is 2. The molecule has 0 aliphatic rings. The highest BCUT2D eigenvalue weighted by molar-refractivity contribution is 6.31. The Morgan fingerprint density at radius 2 is 2.10 bits per heavy atom. The van der Waals surface area contributed by atoms with Crippen molar-refractivity contribution in [3.63, 3.8) is 0 Å². The highest BCUT2D eigenvalue weighted by atomic mass is 35.5. The molecule has 2 aromatic carbocycles. The van der Waals surface area contributed by atoms with Crippen molar-refractivity contribution in [2.75, 3.05) is 5.73 Å². The number of ether oxygens (including phenoxy) is 1. The molecule has 0 aromatic heterocycles. The molecule has 0 amide bonds. The van der Waals surface area contributed by atoms with E-state index in [4.69, 9.17) is 27.3 Å². The first kappa shape index (κ1) is 14.8. The summed E-state index contributed by atoms with van der Waals surface area (Å²) < 4.78 is 18.6. The number of anilines is 1. The average Bonchev–Trinajstić information content (AvgIpc) is 2.44. The van der Waals surface area contributed by atoms with Gasteiger partial charge in [0.05, 0.1) is 17.2 Å². The van der Waals surface area contributed by atoms with Crippen LogP contribution >= 0.6 is 11.6 Å². The Morgan fingerprint density at radius 1 is 1.33 bits per heavy atom. The Hall–Kier alpha value is -2.58. The molecule has 2 N–H and O–H groups in total. The largest absolute Gasteiger partial charge is 0.457 e. The van der Waals surface area contributed by atoms with Crippen molar-refractivity contribution in [3.05, 3.63) is 63.9 Å². The van der Waals surface area contributed by atoms with E-state index in [9.17, 15) is 9.18 Å². The molecule has 0 saturated carbocycles. The molecule has 2 rings (SSSR count).